The summed E-state index contributed by atoms with van der Waals surface area (Å²) in [7, 11) is -4.33. The maximum atomic E-state index is 12.6. The Labute approximate surface area is 183 Å². The number of non-ortho nitro benzene ring substituents is 1. The van der Waals surface area contributed by atoms with E-state index in [-0.39, 0.29) is 34.4 Å². The zero-order valence-corrected chi connectivity index (χ0v) is 18.0. The normalized spacial score (nSPS) is 11.2. The molecule has 0 fully saturated rings. The van der Waals surface area contributed by atoms with Gasteiger partial charge in [0.2, 0.25) is 0 Å². The third-order valence-corrected chi connectivity index (χ3v) is 5.65. The minimum atomic E-state index is -4.33. The second-order valence-electron chi connectivity index (χ2n) is 6.70. The van der Waals surface area contributed by atoms with Crippen molar-refractivity contribution in [2.24, 2.45) is 0 Å². The van der Waals surface area contributed by atoms with Crippen LogP contribution in [0, 0.1) is 17.0 Å². The minimum Gasteiger partial charge on any atom is -0.452 e. The molecule has 0 amide bonds. The number of aromatic nitrogens is 2. The van der Waals surface area contributed by atoms with Crippen molar-refractivity contribution in [1.29, 1.82) is 0 Å². The van der Waals surface area contributed by atoms with Crippen molar-refractivity contribution in [3.63, 3.8) is 0 Å². The first kappa shape index (κ1) is 22.9. The van der Waals surface area contributed by atoms with E-state index in [0.717, 1.165) is 12.5 Å². The lowest BCUT2D eigenvalue weighted by atomic mass is 10.2. The van der Waals surface area contributed by atoms with Crippen LogP contribution in [-0.4, -0.2) is 29.5 Å². The number of aryl methyl sites for hydroxylation is 2. The molecule has 0 bridgehead atoms. The highest BCUT2D eigenvalue weighted by Crippen LogP contribution is 2.25. The van der Waals surface area contributed by atoms with E-state index in [1.165, 1.54) is 43.3 Å². The van der Waals surface area contributed by atoms with Crippen LogP contribution >= 0.6 is 0 Å². The molecular formula is C20H19N3O8S. The molecule has 0 unspecified atom stereocenters. The van der Waals surface area contributed by atoms with E-state index in [1.54, 1.807) is 0 Å². The maximum absolute atomic E-state index is 12.6. The highest BCUT2D eigenvalue weighted by atomic mass is 32.2. The molecule has 0 atom stereocenters. The smallest absolute Gasteiger partial charge is 0.339 e. The minimum absolute atomic E-state index is 0.0754. The van der Waals surface area contributed by atoms with Crippen molar-refractivity contribution in [3.05, 3.63) is 75.4 Å². The van der Waals surface area contributed by atoms with Crippen LogP contribution in [0.1, 0.15) is 41.0 Å². The summed E-state index contributed by atoms with van der Waals surface area (Å²) in [4.78, 5) is 26.2. The van der Waals surface area contributed by atoms with Gasteiger partial charge in [-0.2, -0.15) is 13.4 Å². The predicted molar refractivity (Wildman–Crippen MR) is 110 cm³/mol. The highest BCUT2D eigenvalue weighted by Gasteiger charge is 2.23. The third-order valence-electron chi connectivity index (χ3n) is 4.26. The van der Waals surface area contributed by atoms with E-state index in [4.69, 9.17) is 13.4 Å². The zero-order valence-electron chi connectivity index (χ0n) is 17.2. The molecule has 0 aliphatic rings. The topological polar surface area (TPSA) is 152 Å². The molecule has 0 aliphatic carbocycles. The number of nitro groups is 1. The van der Waals surface area contributed by atoms with E-state index in [1.807, 2.05) is 6.92 Å². The number of esters is 1. The lowest BCUT2D eigenvalue weighted by Gasteiger charge is -2.09. The molecule has 1 aromatic heterocycles. The first-order valence-electron chi connectivity index (χ1n) is 9.48. The van der Waals surface area contributed by atoms with Crippen LogP contribution < -0.4 is 4.18 Å². The first-order valence-corrected chi connectivity index (χ1v) is 10.9. The zero-order chi connectivity index (χ0) is 23.3. The number of nitrogens with zero attached hydrogens (tertiary/aromatic N) is 3. The molecule has 1 heterocycles. The average Bonchev–Trinajstić information content (AvgIpc) is 3.20. The van der Waals surface area contributed by atoms with Gasteiger partial charge in [-0.05, 0) is 43.2 Å². The number of rotatable bonds is 9. The van der Waals surface area contributed by atoms with Gasteiger partial charge in [-0.3, -0.25) is 10.1 Å². The maximum Gasteiger partial charge on any atom is 0.339 e. The molecule has 12 heteroatoms. The molecule has 2 aromatic carbocycles. The molecular weight excluding hydrogens is 442 g/mol. The standard InChI is InChI=1S/C20H19N3O8S/c1-3-4-18-21-19(30-22-18)12-29-20(24)14-6-9-16(10-7-14)31-32(27,28)17-11-15(23(25)26)8-5-13(17)2/h5-11H,3-4,12H2,1-2H3. The monoisotopic (exact) mass is 461 g/mol. The fourth-order valence-electron chi connectivity index (χ4n) is 2.67. The molecule has 0 aliphatic heterocycles. The summed E-state index contributed by atoms with van der Waals surface area (Å²) in [5, 5.41) is 14.7. The number of hydrogen-bond acceptors (Lipinski definition) is 10. The van der Waals surface area contributed by atoms with Crippen molar-refractivity contribution in [2.75, 3.05) is 0 Å². The van der Waals surface area contributed by atoms with Crippen molar-refractivity contribution in [1.82, 2.24) is 10.1 Å². The highest BCUT2D eigenvalue weighted by molar-refractivity contribution is 7.87. The Bertz CT molecular complexity index is 1240. The fourth-order valence-corrected chi connectivity index (χ4v) is 3.86. The van der Waals surface area contributed by atoms with Gasteiger partial charge in [0.05, 0.1) is 10.5 Å². The van der Waals surface area contributed by atoms with Gasteiger partial charge in [-0.15, -0.1) is 0 Å². The van der Waals surface area contributed by atoms with Crippen LogP contribution in [0.2, 0.25) is 0 Å². The molecule has 0 saturated carbocycles. The lowest BCUT2D eigenvalue weighted by Crippen LogP contribution is -2.12. The summed E-state index contributed by atoms with van der Waals surface area (Å²) in [5.74, 6) is -0.0573. The molecule has 32 heavy (non-hydrogen) atoms. The largest absolute Gasteiger partial charge is 0.452 e. The van der Waals surface area contributed by atoms with Crippen LogP contribution in [0.5, 0.6) is 5.75 Å². The predicted octanol–water partition coefficient (Wildman–Crippen LogP) is 3.36. The SMILES string of the molecule is CCCc1noc(COC(=O)c2ccc(OS(=O)(=O)c3cc([N+](=O)[O-])ccc3C)cc2)n1. The summed E-state index contributed by atoms with van der Waals surface area (Å²) >= 11 is 0. The van der Waals surface area contributed by atoms with Crippen molar-refractivity contribution >= 4 is 21.8 Å². The van der Waals surface area contributed by atoms with E-state index < -0.39 is 21.0 Å². The van der Waals surface area contributed by atoms with E-state index in [2.05, 4.69) is 10.1 Å². The van der Waals surface area contributed by atoms with Crippen LogP contribution in [0.25, 0.3) is 0 Å². The Morgan fingerprint density at radius 2 is 1.91 bits per heavy atom. The first-order chi connectivity index (χ1) is 15.2. The molecule has 11 nitrogen and oxygen atoms in total. The third kappa shape index (κ3) is 5.46. The van der Waals surface area contributed by atoms with Gasteiger partial charge in [0.25, 0.3) is 11.6 Å². The summed E-state index contributed by atoms with van der Waals surface area (Å²) < 4.78 is 40.3. The molecule has 168 valence electrons. The van der Waals surface area contributed by atoms with Gasteiger partial charge < -0.3 is 13.4 Å². The van der Waals surface area contributed by atoms with Crippen LogP contribution in [0.3, 0.4) is 0 Å². The van der Waals surface area contributed by atoms with Gasteiger partial charge in [-0.1, -0.05) is 18.1 Å². The number of carbonyl (C=O) groups excluding carboxylic acids is 1. The second kappa shape index (κ2) is 9.56. The molecule has 0 radical (unpaired) electrons. The Kier molecular flexibility index (Phi) is 6.83. The quantitative estimate of drug-likeness (QED) is 0.201. The molecule has 3 aromatic rings. The second-order valence-corrected chi connectivity index (χ2v) is 8.21. The van der Waals surface area contributed by atoms with Gasteiger partial charge in [0.1, 0.15) is 10.6 Å². The molecule has 3 rings (SSSR count). The molecule has 0 spiro atoms. The number of carbonyl (C=O) groups is 1. The van der Waals surface area contributed by atoms with Gasteiger partial charge in [0.15, 0.2) is 12.4 Å². The van der Waals surface area contributed by atoms with E-state index in [9.17, 15) is 23.3 Å². The molecule has 0 N–H and O–H groups in total. The van der Waals surface area contributed by atoms with E-state index in [0.29, 0.717) is 17.8 Å². The summed E-state index contributed by atoms with van der Waals surface area (Å²) in [6.07, 6.45) is 1.50. The number of ether oxygens (including phenoxy) is 1. The van der Waals surface area contributed by atoms with Crippen molar-refractivity contribution in [3.8, 4) is 5.75 Å². The van der Waals surface area contributed by atoms with Crippen LogP contribution in [0.4, 0.5) is 5.69 Å². The Hall–Kier alpha value is -3.80. The molecule has 0 saturated heterocycles. The van der Waals surface area contributed by atoms with Gasteiger partial charge in [-0.25, -0.2) is 4.79 Å². The van der Waals surface area contributed by atoms with Crippen LogP contribution in [-0.2, 0) is 27.9 Å². The number of benzene rings is 2. The van der Waals surface area contributed by atoms with Gasteiger partial charge in [0, 0.05) is 18.6 Å². The average molecular weight is 461 g/mol. The summed E-state index contributed by atoms with van der Waals surface area (Å²) in [5.41, 5.74) is 0.0624. The van der Waals surface area contributed by atoms with Gasteiger partial charge >= 0.3 is 16.1 Å². The Morgan fingerprint density at radius 3 is 2.56 bits per heavy atom. The lowest BCUT2D eigenvalue weighted by molar-refractivity contribution is -0.385. The summed E-state index contributed by atoms with van der Waals surface area (Å²) in [6.45, 7) is 3.27. The van der Waals surface area contributed by atoms with Crippen molar-refractivity contribution in [2.45, 2.75) is 38.2 Å². The fraction of sp³-hybridized carbons (Fsp3) is 0.250. The Morgan fingerprint density at radius 1 is 1.19 bits per heavy atom. The van der Waals surface area contributed by atoms with Crippen molar-refractivity contribution < 1.29 is 31.6 Å². The number of hydrogen-bond donors (Lipinski definition) is 0. The number of nitro benzene ring substituents is 1. The summed E-state index contributed by atoms with van der Waals surface area (Å²) in [6, 6.07) is 8.64. The Balaban J connectivity index is 1.66. The van der Waals surface area contributed by atoms with E-state index >= 15 is 0 Å². The van der Waals surface area contributed by atoms with Crippen LogP contribution in [0.15, 0.2) is 51.9 Å².